The Kier molecular flexibility index (Phi) is 4.67. The summed E-state index contributed by atoms with van der Waals surface area (Å²) in [4.78, 5) is 25.6. The van der Waals surface area contributed by atoms with Crippen LogP contribution in [-0.2, 0) is 19.4 Å². The lowest BCUT2D eigenvalue weighted by molar-refractivity contribution is -0.134. The molecule has 0 radical (unpaired) electrons. The van der Waals surface area contributed by atoms with Gasteiger partial charge in [0.1, 0.15) is 4.88 Å². The van der Waals surface area contributed by atoms with Gasteiger partial charge in [-0.2, -0.15) is 0 Å². The van der Waals surface area contributed by atoms with E-state index in [0.717, 1.165) is 5.56 Å². The van der Waals surface area contributed by atoms with E-state index in [0.29, 0.717) is 11.3 Å². The molecule has 1 amide bonds. The minimum atomic E-state index is -3.05. The van der Waals surface area contributed by atoms with Crippen LogP contribution in [0.15, 0.2) is 11.4 Å². The average Bonchev–Trinajstić information content (AvgIpc) is 3.00. The number of carbonyl (C=O) groups excluding carboxylic acids is 2. The zero-order chi connectivity index (χ0) is 15.6. The number of likely N-dealkylation sites (N-methyl/N-ethyl adjacent to an activating group) is 1. The summed E-state index contributed by atoms with van der Waals surface area (Å²) in [6.07, 6.45) is 0.433. The van der Waals surface area contributed by atoms with Crippen LogP contribution in [0.2, 0.25) is 0 Å². The summed E-state index contributed by atoms with van der Waals surface area (Å²) in [7, 11) is -1.51. The van der Waals surface area contributed by atoms with Crippen molar-refractivity contribution in [2.75, 3.05) is 25.2 Å². The number of rotatable bonds is 4. The number of sulfone groups is 1. The first-order chi connectivity index (χ1) is 9.80. The maximum atomic E-state index is 12.0. The molecular formula is C13H17NO5S2. The third-order valence-corrected chi connectivity index (χ3v) is 6.27. The maximum Gasteiger partial charge on any atom is 0.349 e. The molecule has 1 fully saturated rings. The molecule has 8 heteroatoms. The van der Waals surface area contributed by atoms with E-state index in [1.54, 1.807) is 18.4 Å². The number of nitrogens with zero attached hydrogens (tertiary/aromatic N) is 1. The van der Waals surface area contributed by atoms with E-state index < -0.39 is 15.8 Å². The van der Waals surface area contributed by atoms with Crippen molar-refractivity contribution in [3.05, 3.63) is 21.9 Å². The van der Waals surface area contributed by atoms with E-state index in [9.17, 15) is 18.0 Å². The molecule has 1 aliphatic rings. The molecule has 0 bridgehead atoms. The van der Waals surface area contributed by atoms with E-state index in [1.165, 1.54) is 23.3 Å². The minimum absolute atomic E-state index is 0.0206. The molecule has 2 rings (SSSR count). The van der Waals surface area contributed by atoms with Gasteiger partial charge in [-0.05, 0) is 30.4 Å². The second-order valence-corrected chi connectivity index (χ2v) is 8.22. The summed E-state index contributed by atoms with van der Waals surface area (Å²) in [5, 5.41) is 1.78. The number of aryl methyl sites for hydroxylation is 1. The van der Waals surface area contributed by atoms with E-state index in [4.69, 9.17) is 4.74 Å². The Balaban J connectivity index is 1.87. The fourth-order valence-corrected chi connectivity index (χ4v) is 4.75. The number of esters is 1. The largest absolute Gasteiger partial charge is 0.451 e. The predicted molar refractivity (Wildman–Crippen MR) is 79.2 cm³/mol. The molecular weight excluding hydrogens is 314 g/mol. The maximum absolute atomic E-state index is 12.0. The monoisotopic (exact) mass is 331 g/mol. The summed E-state index contributed by atoms with van der Waals surface area (Å²) in [5.41, 5.74) is 0.813. The number of amides is 1. The van der Waals surface area contributed by atoms with Crippen LogP contribution in [0.25, 0.3) is 0 Å². The Labute approximate surface area is 127 Å². The Morgan fingerprint density at radius 3 is 2.71 bits per heavy atom. The van der Waals surface area contributed by atoms with Crippen LogP contribution in [0.1, 0.15) is 21.7 Å². The molecule has 0 N–H and O–H groups in total. The van der Waals surface area contributed by atoms with Gasteiger partial charge in [-0.25, -0.2) is 13.2 Å². The van der Waals surface area contributed by atoms with Crippen molar-refractivity contribution in [1.29, 1.82) is 0 Å². The first-order valence-corrected chi connectivity index (χ1v) is 9.17. The van der Waals surface area contributed by atoms with Crippen LogP contribution >= 0.6 is 11.3 Å². The van der Waals surface area contributed by atoms with Crippen molar-refractivity contribution < 1.29 is 22.7 Å². The highest BCUT2D eigenvalue weighted by atomic mass is 32.2. The molecule has 6 nitrogen and oxygen atoms in total. The highest BCUT2D eigenvalue weighted by Crippen LogP contribution is 2.18. The third-order valence-electron chi connectivity index (χ3n) is 3.52. The van der Waals surface area contributed by atoms with E-state index in [2.05, 4.69) is 0 Å². The molecule has 21 heavy (non-hydrogen) atoms. The molecule has 2 heterocycles. The van der Waals surface area contributed by atoms with Crippen molar-refractivity contribution in [3.63, 3.8) is 0 Å². The first-order valence-electron chi connectivity index (χ1n) is 6.47. The van der Waals surface area contributed by atoms with Gasteiger partial charge in [0.05, 0.1) is 11.5 Å². The minimum Gasteiger partial charge on any atom is -0.451 e. The van der Waals surface area contributed by atoms with Gasteiger partial charge in [0.2, 0.25) is 0 Å². The Morgan fingerprint density at radius 2 is 2.19 bits per heavy atom. The summed E-state index contributed by atoms with van der Waals surface area (Å²) < 4.78 is 27.8. The normalized spacial score (nSPS) is 20.2. The third kappa shape index (κ3) is 3.82. The molecule has 1 aromatic heterocycles. The molecule has 116 valence electrons. The van der Waals surface area contributed by atoms with Crippen LogP contribution in [0.3, 0.4) is 0 Å². The summed E-state index contributed by atoms with van der Waals surface area (Å²) in [6.45, 7) is 1.42. The first kappa shape index (κ1) is 16.0. The number of thiophene rings is 1. The Bertz CT molecular complexity index is 649. The highest BCUT2D eigenvalue weighted by molar-refractivity contribution is 7.91. The van der Waals surface area contributed by atoms with Crippen LogP contribution in [0, 0.1) is 6.92 Å². The zero-order valence-corrected chi connectivity index (χ0v) is 13.5. The lowest BCUT2D eigenvalue weighted by Crippen LogP contribution is -2.40. The van der Waals surface area contributed by atoms with Crippen LogP contribution in [0.4, 0.5) is 0 Å². The molecule has 1 aromatic rings. The van der Waals surface area contributed by atoms with Gasteiger partial charge in [0.15, 0.2) is 16.4 Å². The fourth-order valence-electron chi connectivity index (χ4n) is 2.16. The van der Waals surface area contributed by atoms with Crippen molar-refractivity contribution in [2.45, 2.75) is 19.4 Å². The highest BCUT2D eigenvalue weighted by Gasteiger charge is 2.33. The van der Waals surface area contributed by atoms with Gasteiger partial charge in [-0.1, -0.05) is 0 Å². The molecule has 1 atom stereocenters. The number of hydrogen-bond donors (Lipinski definition) is 0. The van der Waals surface area contributed by atoms with E-state index in [1.807, 2.05) is 0 Å². The molecule has 1 saturated heterocycles. The smallest absolute Gasteiger partial charge is 0.349 e. The predicted octanol–water partition coefficient (Wildman–Crippen LogP) is 0.859. The van der Waals surface area contributed by atoms with Gasteiger partial charge in [0.25, 0.3) is 5.91 Å². The topological polar surface area (TPSA) is 80.8 Å². The lowest BCUT2D eigenvalue weighted by Gasteiger charge is -2.23. The van der Waals surface area contributed by atoms with Gasteiger partial charge >= 0.3 is 5.97 Å². The Hall–Kier alpha value is -1.41. The second-order valence-electron chi connectivity index (χ2n) is 5.07. The number of hydrogen-bond acceptors (Lipinski definition) is 6. The second kappa shape index (κ2) is 6.15. The van der Waals surface area contributed by atoms with Crippen molar-refractivity contribution >= 4 is 33.1 Å². The van der Waals surface area contributed by atoms with Crippen molar-refractivity contribution in [1.82, 2.24) is 4.90 Å². The summed E-state index contributed by atoms with van der Waals surface area (Å²) in [6, 6.07) is 1.48. The fraction of sp³-hybridized carbons (Fsp3) is 0.538. The summed E-state index contributed by atoms with van der Waals surface area (Å²) in [5.74, 6) is -0.834. The number of carbonyl (C=O) groups is 2. The lowest BCUT2D eigenvalue weighted by atomic mass is 10.2. The van der Waals surface area contributed by atoms with E-state index >= 15 is 0 Å². The molecule has 0 unspecified atom stereocenters. The SMILES string of the molecule is Cc1ccsc1C(=O)OCC(=O)N(C)[C@@H]1CCS(=O)(=O)C1. The summed E-state index contributed by atoms with van der Waals surface area (Å²) >= 11 is 1.26. The van der Waals surface area contributed by atoms with Gasteiger partial charge in [-0.3, -0.25) is 4.79 Å². The standard InChI is InChI=1S/C13H17NO5S2/c1-9-3-5-20-12(9)13(16)19-7-11(15)14(2)10-4-6-21(17,18)8-10/h3,5,10H,4,6-8H2,1-2H3/t10-/m1/s1. The van der Waals surface area contributed by atoms with Crippen LogP contribution in [-0.4, -0.2) is 56.4 Å². The molecule has 0 aromatic carbocycles. The molecule has 1 aliphatic heterocycles. The van der Waals surface area contributed by atoms with Crippen molar-refractivity contribution in [3.8, 4) is 0 Å². The van der Waals surface area contributed by atoms with E-state index in [-0.39, 0.29) is 30.1 Å². The number of ether oxygens (including phenoxy) is 1. The molecule has 0 spiro atoms. The van der Waals surface area contributed by atoms with Crippen LogP contribution in [0.5, 0.6) is 0 Å². The average molecular weight is 331 g/mol. The van der Waals surface area contributed by atoms with Crippen molar-refractivity contribution in [2.24, 2.45) is 0 Å². The van der Waals surface area contributed by atoms with Gasteiger partial charge < -0.3 is 9.64 Å². The zero-order valence-electron chi connectivity index (χ0n) is 11.9. The quantitative estimate of drug-likeness (QED) is 0.765. The van der Waals surface area contributed by atoms with Gasteiger partial charge in [0, 0.05) is 13.1 Å². The van der Waals surface area contributed by atoms with Crippen LogP contribution < -0.4 is 0 Å². The molecule has 0 aliphatic carbocycles. The molecule has 0 saturated carbocycles. The van der Waals surface area contributed by atoms with Gasteiger partial charge in [-0.15, -0.1) is 11.3 Å². The Morgan fingerprint density at radius 1 is 1.48 bits per heavy atom.